The highest BCUT2D eigenvalue weighted by molar-refractivity contribution is 6.14. The summed E-state index contributed by atoms with van der Waals surface area (Å²) in [6.45, 7) is 0. The van der Waals surface area contributed by atoms with Gasteiger partial charge in [0.05, 0.1) is 33.5 Å². The van der Waals surface area contributed by atoms with Crippen molar-refractivity contribution in [1.29, 1.82) is 0 Å². The zero-order valence-electron chi connectivity index (χ0n) is 25.9. The summed E-state index contributed by atoms with van der Waals surface area (Å²) in [7, 11) is 0. The molecule has 0 radical (unpaired) electrons. The van der Waals surface area contributed by atoms with E-state index >= 15 is 0 Å². The Balaban J connectivity index is 1.10. The third kappa shape index (κ3) is 4.33. The molecule has 0 N–H and O–H groups in total. The van der Waals surface area contributed by atoms with E-state index in [4.69, 9.17) is 15.0 Å². The number of nitrogens with zero attached hydrogens (tertiary/aromatic N) is 3. The molecular weight excluding hydrogens is 583 g/mol. The van der Waals surface area contributed by atoms with Crippen molar-refractivity contribution in [1.82, 2.24) is 15.0 Å². The van der Waals surface area contributed by atoms with Crippen molar-refractivity contribution < 1.29 is 0 Å². The molecular formula is C45H27N3. The minimum absolute atomic E-state index is 0.908. The van der Waals surface area contributed by atoms with Crippen molar-refractivity contribution in [3.63, 3.8) is 0 Å². The predicted octanol–water partition coefficient (Wildman–Crippen LogP) is 11.8. The van der Waals surface area contributed by atoms with Gasteiger partial charge in [0.1, 0.15) is 0 Å². The maximum Gasteiger partial charge on any atom is 0.0972 e. The lowest BCUT2D eigenvalue weighted by molar-refractivity contribution is 1.37. The molecule has 0 aliphatic heterocycles. The Hall–Kier alpha value is -6.45. The van der Waals surface area contributed by atoms with Crippen LogP contribution in [0, 0.1) is 0 Å². The molecule has 0 fully saturated rings. The molecule has 3 aromatic heterocycles. The Kier molecular flexibility index (Phi) is 5.87. The summed E-state index contributed by atoms with van der Waals surface area (Å²) in [5, 5.41) is 9.33. The van der Waals surface area contributed by atoms with E-state index in [1.807, 2.05) is 6.07 Å². The lowest BCUT2D eigenvalue weighted by atomic mass is 9.95. The number of pyridine rings is 3. The smallest absolute Gasteiger partial charge is 0.0972 e. The lowest BCUT2D eigenvalue weighted by Crippen LogP contribution is -1.92. The minimum atomic E-state index is 0.908. The van der Waals surface area contributed by atoms with E-state index in [1.165, 1.54) is 21.5 Å². The summed E-state index contributed by atoms with van der Waals surface area (Å²) in [6.07, 6.45) is 0. The quantitative estimate of drug-likeness (QED) is 0.148. The SMILES string of the molecule is c1cc(-c2ccc3nc4ccccc4cc3c2)cc(-c2ccc3ccc4ccc(-c5cc6ccccc6c6ccccc56)nc4c3n2)c1. The Morgan fingerprint density at radius 1 is 0.292 bits per heavy atom. The number of hydrogen-bond donors (Lipinski definition) is 0. The van der Waals surface area contributed by atoms with Crippen molar-refractivity contribution in [3.05, 3.63) is 164 Å². The van der Waals surface area contributed by atoms with Gasteiger partial charge in [-0.2, -0.15) is 0 Å². The Morgan fingerprint density at radius 3 is 1.77 bits per heavy atom. The molecule has 0 bridgehead atoms. The van der Waals surface area contributed by atoms with Crippen LogP contribution in [-0.4, -0.2) is 15.0 Å². The van der Waals surface area contributed by atoms with Crippen molar-refractivity contribution >= 4 is 65.2 Å². The van der Waals surface area contributed by atoms with Gasteiger partial charge in [-0.05, 0) is 81.2 Å². The number of rotatable bonds is 3. The second-order valence-corrected chi connectivity index (χ2v) is 12.5. The van der Waals surface area contributed by atoms with E-state index in [0.29, 0.717) is 0 Å². The van der Waals surface area contributed by atoms with Crippen LogP contribution >= 0.6 is 0 Å². The van der Waals surface area contributed by atoms with Crippen LogP contribution in [0.5, 0.6) is 0 Å². The molecule has 3 heteroatoms. The monoisotopic (exact) mass is 609 g/mol. The van der Waals surface area contributed by atoms with Crippen LogP contribution in [0.1, 0.15) is 0 Å². The Morgan fingerprint density at radius 2 is 0.917 bits per heavy atom. The number of para-hydroxylation sites is 1. The first kappa shape index (κ1) is 26.7. The molecule has 10 rings (SSSR count). The summed E-state index contributed by atoms with van der Waals surface area (Å²) >= 11 is 0. The van der Waals surface area contributed by atoms with E-state index in [9.17, 15) is 0 Å². The second-order valence-electron chi connectivity index (χ2n) is 12.5. The average molecular weight is 610 g/mol. The van der Waals surface area contributed by atoms with Crippen LogP contribution < -0.4 is 0 Å². The van der Waals surface area contributed by atoms with Gasteiger partial charge < -0.3 is 0 Å². The van der Waals surface area contributed by atoms with Crippen LogP contribution in [0.3, 0.4) is 0 Å². The first-order chi connectivity index (χ1) is 23.7. The van der Waals surface area contributed by atoms with Crippen LogP contribution in [-0.2, 0) is 0 Å². The van der Waals surface area contributed by atoms with Gasteiger partial charge >= 0.3 is 0 Å². The standard InChI is InChI=1S/C45H27N3/c1-3-12-36-32(8-1)27-39(38-14-5-4-13-37(36)38)43-23-19-29-17-16-28-18-21-41(47-44(28)45(29)48-43)34-11-7-10-30(24-34)31-20-22-42-35(25-31)26-33-9-2-6-15-40(33)46-42/h1-27H. The van der Waals surface area contributed by atoms with Gasteiger partial charge in [0, 0.05) is 32.7 Å². The normalized spacial score (nSPS) is 11.8. The minimum Gasteiger partial charge on any atom is -0.248 e. The van der Waals surface area contributed by atoms with E-state index in [2.05, 4.69) is 158 Å². The number of hydrogen-bond acceptors (Lipinski definition) is 3. The first-order valence-electron chi connectivity index (χ1n) is 16.3. The summed E-state index contributed by atoms with van der Waals surface area (Å²) in [5.74, 6) is 0. The molecule has 3 heterocycles. The molecule has 0 amide bonds. The van der Waals surface area contributed by atoms with Crippen LogP contribution in [0.2, 0.25) is 0 Å². The van der Waals surface area contributed by atoms with Crippen LogP contribution in [0.25, 0.3) is 98.8 Å². The Labute approximate surface area is 276 Å². The van der Waals surface area contributed by atoms with Gasteiger partial charge in [-0.25, -0.2) is 15.0 Å². The maximum absolute atomic E-state index is 5.31. The fraction of sp³-hybridized carbons (Fsp3) is 0. The van der Waals surface area contributed by atoms with E-state index in [0.717, 1.165) is 77.3 Å². The highest BCUT2D eigenvalue weighted by atomic mass is 14.8. The number of aromatic nitrogens is 3. The molecule has 0 atom stereocenters. The predicted molar refractivity (Wildman–Crippen MR) is 201 cm³/mol. The maximum atomic E-state index is 5.31. The molecule has 3 nitrogen and oxygen atoms in total. The molecule has 0 spiro atoms. The molecule has 7 aromatic carbocycles. The van der Waals surface area contributed by atoms with Gasteiger partial charge in [0.25, 0.3) is 0 Å². The van der Waals surface area contributed by atoms with Gasteiger partial charge in [0.2, 0.25) is 0 Å². The van der Waals surface area contributed by atoms with Gasteiger partial charge in [-0.1, -0.05) is 115 Å². The van der Waals surface area contributed by atoms with Crippen molar-refractivity contribution in [2.45, 2.75) is 0 Å². The van der Waals surface area contributed by atoms with Crippen molar-refractivity contribution in [2.75, 3.05) is 0 Å². The second kappa shape index (κ2) is 10.5. The Bertz CT molecular complexity index is 2910. The zero-order valence-corrected chi connectivity index (χ0v) is 25.9. The summed E-state index contributed by atoms with van der Waals surface area (Å²) in [6, 6.07) is 58.0. The highest BCUT2D eigenvalue weighted by Gasteiger charge is 2.13. The molecule has 0 saturated heterocycles. The molecule has 222 valence electrons. The molecule has 0 unspecified atom stereocenters. The molecule has 10 aromatic rings. The highest BCUT2D eigenvalue weighted by Crippen LogP contribution is 2.36. The van der Waals surface area contributed by atoms with Crippen LogP contribution in [0.15, 0.2) is 164 Å². The lowest BCUT2D eigenvalue weighted by Gasteiger charge is -2.12. The van der Waals surface area contributed by atoms with E-state index in [1.54, 1.807) is 0 Å². The van der Waals surface area contributed by atoms with E-state index in [-0.39, 0.29) is 0 Å². The van der Waals surface area contributed by atoms with Crippen molar-refractivity contribution in [2.24, 2.45) is 0 Å². The molecule has 0 aliphatic rings. The summed E-state index contributed by atoms with van der Waals surface area (Å²) < 4.78 is 0. The molecule has 48 heavy (non-hydrogen) atoms. The number of fused-ring (bicyclic) bond motifs is 8. The number of benzene rings is 7. The van der Waals surface area contributed by atoms with Gasteiger partial charge in [0.15, 0.2) is 0 Å². The topological polar surface area (TPSA) is 38.7 Å². The molecule has 0 aliphatic carbocycles. The summed E-state index contributed by atoms with van der Waals surface area (Å²) in [5.41, 5.74) is 10.2. The molecule has 0 saturated carbocycles. The van der Waals surface area contributed by atoms with Gasteiger partial charge in [-0.15, -0.1) is 0 Å². The van der Waals surface area contributed by atoms with Crippen molar-refractivity contribution in [3.8, 4) is 33.6 Å². The largest absolute Gasteiger partial charge is 0.248 e. The zero-order chi connectivity index (χ0) is 31.6. The van der Waals surface area contributed by atoms with Crippen LogP contribution in [0.4, 0.5) is 0 Å². The third-order valence-electron chi connectivity index (χ3n) is 9.57. The first-order valence-corrected chi connectivity index (χ1v) is 16.3. The fourth-order valence-electron chi connectivity index (χ4n) is 7.16. The van der Waals surface area contributed by atoms with E-state index < -0.39 is 0 Å². The fourth-order valence-corrected chi connectivity index (χ4v) is 7.16. The third-order valence-corrected chi connectivity index (χ3v) is 9.57. The van der Waals surface area contributed by atoms with Gasteiger partial charge in [-0.3, -0.25) is 0 Å². The average Bonchev–Trinajstić information content (AvgIpc) is 3.16. The summed E-state index contributed by atoms with van der Waals surface area (Å²) in [4.78, 5) is 15.4.